The van der Waals surface area contributed by atoms with Gasteiger partial charge in [-0.25, -0.2) is 0 Å². The van der Waals surface area contributed by atoms with E-state index < -0.39 is 8.15 Å². The SMILES string of the molecule is CP(C)O.[I][Ir][I]. The van der Waals surface area contributed by atoms with Crippen LogP contribution in [0.2, 0.25) is 0 Å². The Morgan fingerprint density at radius 2 is 1.43 bits per heavy atom. The molecule has 5 heteroatoms. The van der Waals surface area contributed by atoms with Gasteiger partial charge in [-0.05, 0) is 13.3 Å². The molecule has 0 saturated heterocycles. The zero-order valence-electron chi connectivity index (χ0n) is 3.98. The molecule has 0 aromatic rings. The monoisotopic (exact) mass is 525 g/mol. The van der Waals surface area contributed by atoms with E-state index in [0.29, 0.717) is 10.5 Å². The first-order valence-corrected chi connectivity index (χ1v) is 17.1. The first-order chi connectivity index (χ1) is 3.15. The predicted octanol–water partition coefficient (Wildman–Crippen LogP) is 2.40. The van der Waals surface area contributed by atoms with Gasteiger partial charge >= 0.3 is 49.7 Å². The second-order valence-corrected chi connectivity index (χ2v) is 20.1. The van der Waals surface area contributed by atoms with Crippen LogP contribution in [0.15, 0.2) is 0 Å². The van der Waals surface area contributed by atoms with Crippen LogP contribution in [0.1, 0.15) is 0 Å². The van der Waals surface area contributed by atoms with Crippen molar-refractivity contribution in [2.75, 3.05) is 13.3 Å². The maximum atomic E-state index is 8.12. The van der Waals surface area contributed by atoms with E-state index in [4.69, 9.17) is 4.89 Å². The molecule has 0 saturated carbocycles. The molecule has 1 nitrogen and oxygen atoms in total. The topological polar surface area (TPSA) is 20.2 Å². The fraction of sp³-hybridized carbons (Fsp3) is 1.00. The van der Waals surface area contributed by atoms with Crippen LogP contribution in [0.25, 0.3) is 0 Å². The Morgan fingerprint density at radius 3 is 1.43 bits per heavy atom. The summed E-state index contributed by atoms with van der Waals surface area (Å²) in [5, 5.41) is 0. The molecule has 1 N–H and O–H groups in total. The van der Waals surface area contributed by atoms with Gasteiger partial charge in [-0.2, -0.15) is 0 Å². The number of halogens is 2. The van der Waals surface area contributed by atoms with Gasteiger partial charge in [-0.1, -0.05) is 0 Å². The Hall–Kier alpha value is 2.50. The molecule has 0 fully saturated rings. The maximum absolute atomic E-state index is 8.12. The summed E-state index contributed by atoms with van der Waals surface area (Å²) in [5.74, 6) is 0. The molecule has 0 radical (unpaired) electrons. The molecule has 49 valence electrons. The third-order valence-electron chi connectivity index (χ3n) is 0. The van der Waals surface area contributed by atoms with Gasteiger partial charge in [0.2, 0.25) is 0 Å². The molecular weight excluding hydrogens is 517 g/mol. The van der Waals surface area contributed by atoms with E-state index in [-0.39, 0.29) is 0 Å². The van der Waals surface area contributed by atoms with Crippen molar-refractivity contribution in [3.05, 3.63) is 0 Å². The summed E-state index contributed by atoms with van der Waals surface area (Å²) in [6, 6.07) is 0. The van der Waals surface area contributed by atoms with Crippen LogP contribution in [0.4, 0.5) is 0 Å². The zero-order chi connectivity index (χ0) is 6.28. The summed E-state index contributed by atoms with van der Waals surface area (Å²) < 4.78 is 0. The van der Waals surface area contributed by atoms with Gasteiger partial charge in [-0.15, -0.1) is 0 Å². The third-order valence-corrected chi connectivity index (χ3v) is 0. The molecule has 0 unspecified atom stereocenters. The van der Waals surface area contributed by atoms with E-state index in [1.807, 2.05) is 0 Å². The van der Waals surface area contributed by atoms with Gasteiger partial charge < -0.3 is 4.89 Å². The molecule has 0 aliphatic heterocycles. The van der Waals surface area contributed by atoms with Crippen molar-refractivity contribution in [3.8, 4) is 0 Å². The molecule has 0 aliphatic carbocycles. The second-order valence-electron chi connectivity index (χ2n) is 0.895. The van der Waals surface area contributed by atoms with Crippen molar-refractivity contribution in [2.24, 2.45) is 0 Å². The van der Waals surface area contributed by atoms with Crippen molar-refractivity contribution in [2.45, 2.75) is 0 Å². The molecule has 7 heavy (non-hydrogen) atoms. The molecule has 0 aromatic carbocycles. The van der Waals surface area contributed by atoms with Crippen LogP contribution in [0.5, 0.6) is 0 Å². The normalized spacial score (nSPS) is 8.29. The fourth-order valence-electron chi connectivity index (χ4n) is 0. The first kappa shape index (κ1) is 12.2. The van der Waals surface area contributed by atoms with Gasteiger partial charge in [0.15, 0.2) is 0 Å². The number of hydrogen-bond donors (Lipinski definition) is 1. The first-order valence-electron chi connectivity index (χ1n) is 1.35. The molecule has 0 spiro atoms. The van der Waals surface area contributed by atoms with E-state index in [2.05, 4.69) is 39.2 Å². The summed E-state index contributed by atoms with van der Waals surface area (Å²) in [5.41, 5.74) is 0. The van der Waals surface area contributed by atoms with Gasteiger partial charge in [-0.3, -0.25) is 0 Å². The summed E-state index contributed by atoms with van der Waals surface area (Å²) >= 11 is 4.80. The Labute approximate surface area is 74.9 Å². The fourth-order valence-corrected chi connectivity index (χ4v) is 0. The second kappa shape index (κ2) is 11.3. The average molecular weight is 524 g/mol. The van der Waals surface area contributed by atoms with Gasteiger partial charge in [0.05, 0.1) is 0 Å². The molecule has 0 bridgehead atoms. The van der Waals surface area contributed by atoms with E-state index in [9.17, 15) is 0 Å². The summed E-state index contributed by atoms with van der Waals surface area (Å²) in [6.07, 6.45) is 0. The van der Waals surface area contributed by atoms with Crippen LogP contribution < -0.4 is 0 Å². The Morgan fingerprint density at radius 1 is 1.43 bits per heavy atom. The summed E-state index contributed by atoms with van der Waals surface area (Å²) in [4.78, 5) is 8.12. The van der Waals surface area contributed by atoms with Crippen LogP contribution in [0.3, 0.4) is 0 Å². The molecule has 0 heterocycles. The molecular formula is C2H7I2IrOP. The minimum absolute atomic E-state index is 0.440. The zero-order valence-corrected chi connectivity index (χ0v) is 11.6. The molecule has 0 aromatic heterocycles. The van der Waals surface area contributed by atoms with E-state index in [0.717, 1.165) is 0 Å². The molecule has 0 atom stereocenters. The standard InChI is InChI=1S/C2H7OP.2HI.Ir/c1-4(2)3;;;/h3H,1-2H3;2*1H;/q;;;+2/p-2. The van der Waals surface area contributed by atoms with Crippen LogP contribution >= 0.6 is 47.3 Å². The number of hydrogen-bond acceptors (Lipinski definition) is 1. The van der Waals surface area contributed by atoms with Crippen molar-refractivity contribution >= 4 is 47.3 Å². The molecule has 0 amide bonds. The van der Waals surface area contributed by atoms with Crippen LogP contribution in [-0.2, 0) is 10.5 Å². The van der Waals surface area contributed by atoms with Crippen molar-refractivity contribution in [3.63, 3.8) is 0 Å². The Balaban J connectivity index is 0. The van der Waals surface area contributed by atoms with Crippen molar-refractivity contribution < 1.29 is 15.4 Å². The summed E-state index contributed by atoms with van der Waals surface area (Å²) in [7, 11) is -0.180. The van der Waals surface area contributed by atoms with Gasteiger partial charge in [0.1, 0.15) is 0 Å². The van der Waals surface area contributed by atoms with E-state index in [1.165, 1.54) is 0 Å². The van der Waals surface area contributed by atoms with Gasteiger partial charge in [0, 0.05) is 8.15 Å². The molecule has 0 aliphatic rings. The van der Waals surface area contributed by atoms with Crippen molar-refractivity contribution in [1.29, 1.82) is 0 Å². The van der Waals surface area contributed by atoms with E-state index in [1.54, 1.807) is 13.3 Å². The van der Waals surface area contributed by atoms with Crippen LogP contribution in [-0.4, -0.2) is 18.2 Å². The third kappa shape index (κ3) is 57.5. The number of rotatable bonds is 0. The minimum atomic E-state index is -0.620. The Bertz CT molecular complexity index is 26.9. The average Bonchev–Trinajstić information content (AvgIpc) is 1.33. The van der Waals surface area contributed by atoms with Crippen molar-refractivity contribution in [1.82, 2.24) is 0 Å². The summed E-state index contributed by atoms with van der Waals surface area (Å²) in [6.45, 7) is 3.57. The quantitative estimate of drug-likeness (QED) is 0.382. The van der Waals surface area contributed by atoms with E-state index >= 15 is 0 Å². The molecule has 0 rings (SSSR count). The predicted molar refractivity (Wildman–Crippen MR) is 49.0 cm³/mol. The van der Waals surface area contributed by atoms with Gasteiger partial charge in [0.25, 0.3) is 0 Å². The Kier molecular flexibility index (Phi) is 19.7. The van der Waals surface area contributed by atoms with Crippen LogP contribution in [0, 0.1) is 0 Å².